The number of nitrogens with one attached hydrogen (secondary N) is 1. The molecule has 1 aliphatic carbocycles. The van der Waals surface area contributed by atoms with Crippen molar-refractivity contribution in [1.82, 2.24) is 20.1 Å². The summed E-state index contributed by atoms with van der Waals surface area (Å²) >= 11 is 1.26. The first-order valence-electron chi connectivity index (χ1n) is 13.6. The van der Waals surface area contributed by atoms with Gasteiger partial charge >= 0.3 is 0 Å². The Morgan fingerprint density at radius 2 is 1.84 bits per heavy atom. The van der Waals surface area contributed by atoms with E-state index in [1.165, 1.54) is 21.8 Å². The summed E-state index contributed by atoms with van der Waals surface area (Å²) in [4.78, 5) is 60.6. The smallest absolute Gasteiger partial charge is 0.245 e. The summed E-state index contributed by atoms with van der Waals surface area (Å²) in [5.74, 6) is -0.904. The van der Waals surface area contributed by atoms with Crippen molar-refractivity contribution in [2.24, 2.45) is 11.7 Å². The Kier molecular flexibility index (Phi) is 8.18. The van der Waals surface area contributed by atoms with Gasteiger partial charge in [0.25, 0.3) is 0 Å². The van der Waals surface area contributed by atoms with Crippen LogP contribution < -0.4 is 11.1 Å². The Labute approximate surface area is 226 Å². The highest BCUT2D eigenvalue weighted by atomic mass is 32.1. The molecular formula is C28H35N5O4S. The van der Waals surface area contributed by atoms with Gasteiger partial charge < -0.3 is 20.9 Å². The summed E-state index contributed by atoms with van der Waals surface area (Å²) in [7, 11) is 0. The highest BCUT2D eigenvalue weighted by molar-refractivity contribution is 7.11. The molecule has 202 valence electrons. The minimum Gasteiger partial charge on any atom is -0.344 e. The maximum absolute atomic E-state index is 13.5. The fourth-order valence-electron chi connectivity index (χ4n) is 6.10. The fraction of sp³-hybridized carbons (Fsp3) is 0.536. The number of ketones is 1. The minimum absolute atomic E-state index is 0.0180. The summed E-state index contributed by atoms with van der Waals surface area (Å²) in [6, 6.07) is 8.09. The number of carbonyl (C=O) groups excluding carboxylic acids is 4. The van der Waals surface area contributed by atoms with E-state index in [1.54, 1.807) is 16.5 Å². The highest BCUT2D eigenvalue weighted by Gasteiger charge is 2.49. The van der Waals surface area contributed by atoms with Crippen LogP contribution in [0.5, 0.6) is 0 Å². The molecule has 1 aromatic heterocycles. The molecule has 3 heterocycles. The van der Waals surface area contributed by atoms with E-state index in [0.29, 0.717) is 24.4 Å². The largest absolute Gasteiger partial charge is 0.344 e. The number of benzene rings is 1. The second-order valence-electron chi connectivity index (χ2n) is 10.6. The molecule has 3 amide bonds. The van der Waals surface area contributed by atoms with Gasteiger partial charge in [-0.1, -0.05) is 30.3 Å². The van der Waals surface area contributed by atoms with Gasteiger partial charge in [-0.15, -0.1) is 11.3 Å². The van der Waals surface area contributed by atoms with Gasteiger partial charge in [-0.25, -0.2) is 4.98 Å². The SMILES string of the molecule is NC1CCC([C@H](NC(=O)[C@@H]2CC[C@H]3C(=O)N(CCCc4ccccc4)CC(=O)N23)C(=O)c2nccs2)CC1. The van der Waals surface area contributed by atoms with Gasteiger partial charge in [-0.3, -0.25) is 19.2 Å². The Morgan fingerprint density at radius 1 is 1.08 bits per heavy atom. The number of amides is 3. The van der Waals surface area contributed by atoms with Crippen molar-refractivity contribution in [2.45, 2.75) is 75.5 Å². The van der Waals surface area contributed by atoms with Crippen LogP contribution in [-0.4, -0.2) is 75.5 Å². The maximum atomic E-state index is 13.5. The third-order valence-corrected chi connectivity index (χ3v) is 8.93. The third-order valence-electron chi connectivity index (χ3n) is 8.15. The zero-order chi connectivity index (χ0) is 26.6. The molecule has 5 rings (SSSR count). The molecule has 3 fully saturated rings. The lowest BCUT2D eigenvalue weighted by Gasteiger charge is -2.39. The maximum Gasteiger partial charge on any atom is 0.245 e. The number of fused-ring (bicyclic) bond motifs is 1. The van der Waals surface area contributed by atoms with E-state index < -0.39 is 18.1 Å². The predicted octanol–water partition coefficient (Wildman–Crippen LogP) is 2.16. The first kappa shape index (κ1) is 26.5. The van der Waals surface area contributed by atoms with E-state index in [9.17, 15) is 19.2 Å². The van der Waals surface area contributed by atoms with Crippen molar-refractivity contribution in [3.63, 3.8) is 0 Å². The number of hydrogen-bond acceptors (Lipinski definition) is 7. The average molecular weight is 538 g/mol. The van der Waals surface area contributed by atoms with E-state index in [0.717, 1.165) is 38.5 Å². The van der Waals surface area contributed by atoms with Crippen LogP contribution in [0.1, 0.15) is 60.3 Å². The predicted molar refractivity (Wildman–Crippen MR) is 143 cm³/mol. The number of hydrogen-bond donors (Lipinski definition) is 2. The number of nitrogens with two attached hydrogens (primary N) is 1. The molecule has 3 atom stereocenters. The molecule has 0 bridgehead atoms. The molecule has 3 aliphatic rings. The van der Waals surface area contributed by atoms with Gasteiger partial charge in [0.1, 0.15) is 12.1 Å². The lowest BCUT2D eigenvalue weighted by Crippen LogP contribution is -2.62. The molecule has 0 unspecified atom stereocenters. The van der Waals surface area contributed by atoms with Crippen LogP contribution in [0.15, 0.2) is 41.9 Å². The Hall–Kier alpha value is -3.11. The number of nitrogens with zero attached hydrogens (tertiary/aromatic N) is 3. The zero-order valence-corrected chi connectivity index (χ0v) is 22.3. The summed E-state index contributed by atoms with van der Waals surface area (Å²) in [6.45, 7) is 0.491. The summed E-state index contributed by atoms with van der Waals surface area (Å²) in [6.07, 6.45) is 7.12. The van der Waals surface area contributed by atoms with E-state index in [2.05, 4.69) is 22.4 Å². The Bertz CT molecular complexity index is 1150. The molecule has 9 nitrogen and oxygen atoms in total. The second-order valence-corrected chi connectivity index (χ2v) is 11.5. The molecule has 0 spiro atoms. The summed E-state index contributed by atoms with van der Waals surface area (Å²) < 4.78 is 0. The van der Waals surface area contributed by atoms with Crippen LogP contribution in [0.3, 0.4) is 0 Å². The topological polar surface area (TPSA) is 126 Å². The van der Waals surface area contributed by atoms with Crippen LogP contribution in [0.2, 0.25) is 0 Å². The average Bonchev–Trinajstić information content (AvgIpc) is 3.62. The van der Waals surface area contributed by atoms with Gasteiger partial charge in [0.15, 0.2) is 5.01 Å². The third kappa shape index (κ3) is 5.66. The zero-order valence-electron chi connectivity index (χ0n) is 21.5. The number of carbonyl (C=O) groups is 4. The molecule has 2 aromatic rings. The van der Waals surface area contributed by atoms with E-state index in [1.807, 2.05) is 18.2 Å². The fourth-order valence-corrected chi connectivity index (χ4v) is 6.72. The second kappa shape index (κ2) is 11.7. The molecule has 0 radical (unpaired) electrons. The van der Waals surface area contributed by atoms with Crippen molar-refractivity contribution in [1.29, 1.82) is 0 Å². The van der Waals surface area contributed by atoms with E-state index in [-0.39, 0.29) is 42.0 Å². The van der Waals surface area contributed by atoms with Gasteiger partial charge in [-0.2, -0.15) is 0 Å². The number of thiazole rings is 1. The van der Waals surface area contributed by atoms with Crippen molar-refractivity contribution in [3.05, 3.63) is 52.5 Å². The van der Waals surface area contributed by atoms with Gasteiger partial charge in [0, 0.05) is 24.2 Å². The van der Waals surface area contributed by atoms with Crippen molar-refractivity contribution in [2.75, 3.05) is 13.1 Å². The number of piperazine rings is 1. The lowest BCUT2D eigenvalue weighted by atomic mass is 9.80. The summed E-state index contributed by atoms with van der Waals surface area (Å²) in [5.41, 5.74) is 7.28. The quantitative estimate of drug-likeness (QED) is 0.472. The lowest BCUT2D eigenvalue weighted by molar-refractivity contribution is -0.157. The number of Topliss-reactive ketones (excluding diaryl/α,β-unsaturated/α-hetero) is 1. The van der Waals surface area contributed by atoms with E-state index >= 15 is 0 Å². The van der Waals surface area contributed by atoms with Gasteiger partial charge in [0.2, 0.25) is 23.5 Å². The molecule has 1 saturated carbocycles. The van der Waals surface area contributed by atoms with Gasteiger partial charge in [0.05, 0.1) is 12.6 Å². The summed E-state index contributed by atoms with van der Waals surface area (Å²) in [5, 5.41) is 5.09. The molecule has 38 heavy (non-hydrogen) atoms. The Balaban J connectivity index is 1.23. The highest BCUT2D eigenvalue weighted by Crippen LogP contribution is 2.32. The van der Waals surface area contributed by atoms with Crippen LogP contribution in [-0.2, 0) is 20.8 Å². The van der Waals surface area contributed by atoms with Crippen molar-refractivity contribution in [3.8, 4) is 0 Å². The van der Waals surface area contributed by atoms with Crippen LogP contribution in [0.25, 0.3) is 0 Å². The van der Waals surface area contributed by atoms with Crippen LogP contribution in [0, 0.1) is 5.92 Å². The minimum atomic E-state index is -0.750. The van der Waals surface area contributed by atoms with Gasteiger partial charge in [-0.05, 0) is 62.8 Å². The normalized spacial score (nSPS) is 26.2. The number of aryl methyl sites for hydroxylation is 1. The molecule has 10 heteroatoms. The van der Waals surface area contributed by atoms with Crippen LogP contribution >= 0.6 is 11.3 Å². The first-order valence-corrected chi connectivity index (χ1v) is 14.4. The molecule has 2 aliphatic heterocycles. The number of aromatic nitrogens is 1. The molecule has 1 aromatic carbocycles. The van der Waals surface area contributed by atoms with Crippen molar-refractivity contribution < 1.29 is 19.2 Å². The van der Waals surface area contributed by atoms with Crippen LogP contribution in [0.4, 0.5) is 0 Å². The molecular weight excluding hydrogens is 502 g/mol. The number of rotatable bonds is 9. The molecule has 2 saturated heterocycles. The standard InChI is InChI=1S/C28H35N5O4S/c29-20-10-8-19(9-11-20)24(25(35)27-30-14-16-38-27)31-26(36)21-12-13-22-28(37)32(17-23(34)33(21)22)15-4-7-18-5-2-1-3-6-18/h1-3,5-6,14,16,19-22,24H,4,7-13,15,17,29H2,(H,31,36)/t19?,20?,21-,22-,24-/m0/s1. The van der Waals surface area contributed by atoms with Crippen molar-refractivity contribution >= 4 is 34.8 Å². The first-order chi connectivity index (χ1) is 18.4. The Morgan fingerprint density at radius 3 is 2.55 bits per heavy atom. The monoisotopic (exact) mass is 537 g/mol. The molecule has 3 N–H and O–H groups in total. The van der Waals surface area contributed by atoms with E-state index in [4.69, 9.17) is 5.73 Å².